The van der Waals surface area contributed by atoms with Gasteiger partial charge in [0, 0.05) is 31.7 Å². The van der Waals surface area contributed by atoms with Gasteiger partial charge in [-0.15, -0.1) is 0 Å². The van der Waals surface area contributed by atoms with E-state index >= 15 is 0 Å². The second-order valence-electron chi connectivity index (χ2n) is 5.86. The van der Waals surface area contributed by atoms with Crippen molar-refractivity contribution < 1.29 is 13.2 Å². The quantitative estimate of drug-likeness (QED) is 0.729. The van der Waals surface area contributed by atoms with Crippen molar-refractivity contribution in [2.45, 2.75) is 44.0 Å². The van der Waals surface area contributed by atoms with Crippen LogP contribution in [-0.2, 0) is 14.6 Å². The molecule has 2 fully saturated rings. The third-order valence-corrected chi connectivity index (χ3v) is 6.14. The SMILES string of the molecule is CC(C)S(=O)(=O)CCN1CCOCC1CNC1CC1. The first-order valence-electron chi connectivity index (χ1n) is 7.26. The molecule has 0 spiro atoms. The van der Waals surface area contributed by atoms with Gasteiger partial charge in [0.2, 0.25) is 0 Å². The summed E-state index contributed by atoms with van der Waals surface area (Å²) in [5.41, 5.74) is 0. The molecule has 5 nitrogen and oxygen atoms in total. The standard InChI is InChI=1S/C13H26N2O3S/c1-11(2)19(16,17)8-6-15-5-7-18-10-13(15)9-14-12-3-4-12/h11-14H,3-10H2,1-2H3. The molecule has 0 bridgehead atoms. The summed E-state index contributed by atoms with van der Waals surface area (Å²) < 4.78 is 29.3. The maximum atomic E-state index is 11.9. The first kappa shape index (κ1) is 15.2. The van der Waals surface area contributed by atoms with Crippen molar-refractivity contribution in [2.75, 3.05) is 38.6 Å². The lowest BCUT2D eigenvalue weighted by atomic mass is 10.2. The number of hydrogen-bond acceptors (Lipinski definition) is 5. The van der Waals surface area contributed by atoms with Crippen LogP contribution in [0.3, 0.4) is 0 Å². The molecule has 0 aromatic rings. The Hall–Kier alpha value is -0.170. The van der Waals surface area contributed by atoms with E-state index < -0.39 is 9.84 Å². The predicted molar refractivity (Wildman–Crippen MR) is 76.1 cm³/mol. The van der Waals surface area contributed by atoms with Crippen molar-refractivity contribution in [3.05, 3.63) is 0 Å². The van der Waals surface area contributed by atoms with Gasteiger partial charge in [-0.2, -0.15) is 0 Å². The van der Waals surface area contributed by atoms with Crippen LogP contribution in [0.4, 0.5) is 0 Å². The van der Waals surface area contributed by atoms with Crippen LogP contribution >= 0.6 is 0 Å². The molecule has 1 saturated carbocycles. The lowest BCUT2D eigenvalue weighted by molar-refractivity contribution is -0.00388. The Morgan fingerprint density at radius 2 is 2.11 bits per heavy atom. The summed E-state index contributed by atoms with van der Waals surface area (Å²) in [7, 11) is -2.94. The maximum Gasteiger partial charge on any atom is 0.153 e. The fourth-order valence-electron chi connectivity index (χ4n) is 2.24. The maximum absolute atomic E-state index is 11.9. The van der Waals surface area contributed by atoms with E-state index in [2.05, 4.69) is 10.2 Å². The van der Waals surface area contributed by atoms with Crippen molar-refractivity contribution in [2.24, 2.45) is 0 Å². The van der Waals surface area contributed by atoms with Crippen molar-refractivity contribution in [3.8, 4) is 0 Å². The molecule has 1 aliphatic carbocycles. The monoisotopic (exact) mass is 290 g/mol. The number of hydrogen-bond donors (Lipinski definition) is 1. The highest BCUT2D eigenvalue weighted by Crippen LogP contribution is 2.19. The van der Waals surface area contributed by atoms with Gasteiger partial charge in [0.1, 0.15) is 0 Å². The molecule has 1 unspecified atom stereocenters. The van der Waals surface area contributed by atoms with Crippen LogP contribution in [0, 0.1) is 0 Å². The van der Waals surface area contributed by atoms with Crippen LogP contribution in [-0.4, -0.2) is 69.3 Å². The molecule has 0 aromatic heterocycles. The molecule has 1 aliphatic heterocycles. The highest BCUT2D eigenvalue weighted by atomic mass is 32.2. The summed E-state index contributed by atoms with van der Waals surface area (Å²) in [4.78, 5) is 2.26. The minimum atomic E-state index is -2.94. The normalized spacial score (nSPS) is 25.9. The summed E-state index contributed by atoms with van der Waals surface area (Å²) in [6.45, 7) is 7.29. The topological polar surface area (TPSA) is 58.6 Å². The molecule has 2 rings (SSSR count). The molecular weight excluding hydrogens is 264 g/mol. The Morgan fingerprint density at radius 3 is 2.74 bits per heavy atom. The molecule has 6 heteroatoms. The third-order valence-electron chi connectivity index (χ3n) is 3.95. The zero-order valence-corrected chi connectivity index (χ0v) is 12.8. The molecule has 1 N–H and O–H groups in total. The van der Waals surface area contributed by atoms with E-state index in [1.807, 2.05) is 0 Å². The number of ether oxygens (including phenoxy) is 1. The van der Waals surface area contributed by atoms with Gasteiger partial charge in [0.05, 0.1) is 24.2 Å². The average molecular weight is 290 g/mol. The van der Waals surface area contributed by atoms with Crippen LogP contribution in [0.2, 0.25) is 0 Å². The fraction of sp³-hybridized carbons (Fsp3) is 1.00. The molecule has 1 heterocycles. The first-order valence-corrected chi connectivity index (χ1v) is 8.97. The van der Waals surface area contributed by atoms with Crippen LogP contribution in [0.15, 0.2) is 0 Å². The zero-order chi connectivity index (χ0) is 13.9. The van der Waals surface area contributed by atoms with Gasteiger partial charge in [-0.1, -0.05) is 0 Å². The van der Waals surface area contributed by atoms with Crippen molar-refractivity contribution in [1.82, 2.24) is 10.2 Å². The fourth-order valence-corrected chi connectivity index (χ4v) is 3.20. The van der Waals surface area contributed by atoms with E-state index in [4.69, 9.17) is 4.74 Å². The molecule has 19 heavy (non-hydrogen) atoms. The van der Waals surface area contributed by atoms with E-state index in [9.17, 15) is 8.42 Å². The van der Waals surface area contributed by atoms with Crippen molar-refractivity contribution in [3.63, 3.8) is 0 Å². The van der Waals surface area contributed by atoms with Gasteiger partial charge in [-0.25, -0.2) is 8.42 Å². The van der Waals surface area contributed by atoms with Crippen LogP contribution in [0.5, 0.6) is 0 Å². The lowest BCUT2D eigenvalue weighted by Gasteiger charge is -2.35. The number of rotatable bonds is 7. The molecule has 112 valence electrons. The Bertz CT molecular complexity index is 379. The van der Waals surface area contributed by atoms with E-state index in [1.54, 1.807) is 13.8 Å². The molecule has 0 amide bonds. The second kappa shape index (κ2) is 6.52. The Labute approximate surface area is 116 Å². The molecule has 1 saturated heterocycles. The molecule has 0 aromatic carbocycles. The molecule has 1 atom stereocenters. The summed E-state index contributed by atoms with van der Waals surface area (Å²) in [5, 5.41) is 3.22. The number of nitrogens with zero attached hydrogens (tertiary/aromatic N) is 1. The van der Waals surface area contributed by atoms with Crippen molar-refractivity contribution >= 4 is 9.84 Å². The minimum absolute atomic E-state index is 0.255. The zero-order valence-electron chi connectivity index (χ0n) is 12.0. The number of sulfone groups is 1. The number of nitrogens with one attached hydrogen (secondary N) is 1. The van der Waals surface area contributed by atoms with E-state index in [0.29, 0.717) is 31.8 Å². The Kier molecular flexibility index (Phi) is 5.22. The summed E-state index contributed by atoms with van der Waals surface area (Å²) in [6.07, 6.45) is 2.55. The Balaban J connectivity index is 1.81. The van der Waals surface area contributed by atoms with Gasteiger partial charge in [-0.3, -0.25) is 4.90 Å². The number of morpholine rings is 1. The predicted octanol–water partition coefficient (Wildman–Crippen LogP) is 0.262. The van der Waals surface area contributed by atoms with Crippen LogP contribution in [0.25, 0.3) is 0 Å². The van der Waals surface area contributed by atoms with Gasteiger partial charge >= 0.3 is 0 Å². The van der Waals surface area contributed by atoms with Crippen LogP contribution < -0.4 is 5.32 Å². The molecule has 2 aliphatic rings. The third kappa shape index (κ3) is 4.70. The molecule has 0 radical (unpaired) electrons. The Morgan fingerprint density at radius 1 is 1.37 bits per heavy atom. The smallest absolute Gasteiger partial charge is 0.153 e. The lowest BCUT2D eigenvalue weighted by Crippen LogP contribution is -2.52. The van der Waals surface area contributed by atoms with Crippen molar-refractivity contribution in [1.29, 1.82) is 0 Å². The minimum Gasteiger partial charge on any atom is -0.378 e. The first-order chi connectivity index (χ1) is 8.99. The van der Waals surface area contributed by atoms with Gasteiger partial charge in [0.25, 0.3) is 0 Å². The average Bonchev–Trinajstić information content (AvgIpc) is 3.18. The highest BCUT2D eigenvalue weighted by molar-refractivity contribution is 7.92. The molecular formula is C13H26N2O3S. The van der Waals surface area contributed by atoms with E-state index in [-0.39, 0.29) is 11.0 Å². The highest BCUT2D eigenvalue weighted by Gasteiger charge is 2.28. The summed E-state index contributed by atoms with van der Waals surface area (Å²) in [6, 6.07) is 1.000. The summed E-state index contributed by atoms with van der Waals surface area (Å²) >= 11 is 0. The van der Waals surface area contributed by atoms with Gasteiger partial charge < -0.3 is 10.1 Å². The largest absolute Gasteiger partial charge is 0.378 e. The summed E-state index contributed by atoms with van der Waals surface area (Å²) in [5.74, 6) is 0.255. The van der Waals surface area contributed by atoms with Gasteiger partial charge in [0.15, 0.2) is 9.84 Å². The van der Waals surface area contributed by atoms with E-state index in [0.717, 1.165) is 13.1 Å². The van der Waals surface area contributed by atoms with E-state index in [1.165, 1.54) is 12.8 Å². The second-order valence-corrected chi connectivity index (χ2v) is 8.54. The van der Waals surface area contributed by atoms with Crippen LogP contribution in [0.1, 0.15) is 26.7 Å². The van der Waals surface area contributed by atoms with Gasteiger partial charge in [-0.05, 0) is 26.7 Å².